The quantitative estimate of drug-likeness (QED) is 0.896. The Labute approximate surface area is 125 Å². The molecule has 1 aromatic rings. The van der Waals surface area contributed by atoms with Crippen LogP contribution in [0, 0.1) is 0 Å². The minimum Gasteiger partial charge on any atom is -0.326 e. The number of rotatable bonds is 4. The SMILES string of the molecule is CC1CN(CCC(=O)Nc2cccc(Cl)c2)CC(C)N1. The molecule has 0 aromatic heterocycles. The van der Waals surface area contributed by atoms with Gasteiger partial charge in [0, 0.05) is 48.8 Å². The topological polar surface area (TPSA) is 44.4 Å². The van der Waals surface area contributed by atoms with Crippen molar-refractivity contribution in [3.05, 3.63) is 29.3 Å². The molecule has 4 nitrogen and oxygen atoms in total. The zero-order valence-electron chi connectivity index (χ0n) is 12.0. The maximum Gasteiger partial charge on any atom is 0.225 e. The first kappa shape index (κ1) is 15.3. The summed E-state index contributed by atoms with van der Waals surface area (Å²) in [7, 11) is 0. The predicted molar refractivity (Wildman–Crippen MR) is 83.2 cm³/mol. The number of hydrogen-bond acceptors (Lipinski definition) is 3. The number of benzene rings is 1. The smallest absolute Gasteiger partial charge is 0.225 e. The van der Waals surface area contributed by atoms with Gasteiger partial charge in [0.15, 0.2) is 0 Å². The maximum absolute atomic E-state index is 11.9. The lowest BCUT2D eigenvalue weighted by atomic mass is 10.1. The highest BCUT2D eigenvalue weighted by Gasteiger charge is 2.20. The van der Waals surface area contributed by atoms with Gasteiger partial charge in [-0.2, -0.15) is 0 Å². The van der Waals surface area contributed by atoms with Crippen LogP contribution < -0.4 is 10.6 Å². The summed E-state index contributed by atoms with van der Waals surface area (Å²) in [6.07, 6.45) is 0.506. The molecule has 0 radical (unpaired) electrons. The van der Waals surface area contributed by atoms with Gasteiger partial charge in [0.25, 0.3) is 0 Å². The zero-order valence-corrected chi connectivity index (χ0v) is 12.8. The van der Waals surface area contributed by atoms with Crippen molar-refractivity contribution in [2.45, 2.75) is 32.4 Å². The molecule has 5 heteroatoms. The molecule has 1 aromatic carbocycles. The van der Waals surface area contributed by atoms with Gasteiger partial charge in [-0.15, -0.1) is 0 Å². The van der Waals surface area contributed by atoms with E-state index in [9.17, 15) is 4.79 Å². The van der Waals surface area contributed by atoms with Crippen LogP contribution in [0.1, 0.15) is 20.3 Å². The maximum atomic E-state index is 11.9. The molecule has 1 fully saturated rings. The van der Waals surface area contributed by atoms with E-state index in [0.717, 1.165) is 25.3 Å². The number of nitrogens with zero attached hydrogens (tertiary/aromatic N) is 1. The third kappa shape index (κ3) is 4.78. The largest absolute Gasteiger partial charge is 0.326 e. The van der Waals surface area contributed by atoms with Crippen molar-refractivity contribution in [3.8, 4) is 0 Å². The number of halogens is 1. The van der Waals surface area contributed by atoms with E-state index in [1.54, 1.807) is 12.1 Å². The van der Waals surface area contributed by atoms with Gasteiger partial charge < -0.3 is 10.6 Å². The summed E-state index contributed by atoms with van der Waals surface area (Å²) < 4.78 is 0. The van der Waals surface area contributed by atoms with Crippen LogP contribution in [0.15, 0.2) is 24.3 Å². The summed E-state index contributed by atoms with van der Waals surface area (Å²) in [6.45, 7) is 7.13. The van der Waals surface area contributed by atoms with E-state index in [1.807, 2.05) is 12.1 Å². The van der Waals surface area contributed by atoms with Crippen molar-refractivity contribution < 1.29 is 4.79 Å². The summed E-state index contributed by atoms with van der Waals surface area (Å²) in [5.41, 5.74) is 0.754. The van der Waals surface area contributed by atoms with E-state index in [4.69, 9.17) is 11.6 Å². The van der Waals surface area contributed by atoms with Gasteiger partial charge in [-0.3, -0.25) is 9.69 Å². The average molecular weight is 296 g/mol. The van der Waals surface area contributed by atoms with Crippen molar-refractivity contribution in [2.75, 3.05) is 25.0 Å². The van der Waals surface area contributed by atoms with Gasteiger partial charge in [-0.25, -0.2) is 0 Å². The summed E-state index contributed by atoms with van der Waals surface area (Å²) in [6, 6.07) is 8.19. The monoisotopic (exact) mass is 295 g/mol. The fourth-order valence-corrected chi connectivity index (χ4v) is 2.86. The van der Waals surface area contributed by atoms with E-state index in [0.29, 0.717) is 23.5 Å². The molecule has 1 heterocycles. The highest BCUT2D eigenvalue weighted by atomic mass is 35.5. The van der Waals surface area contributed by atoms with Crippen LogP contribution >= 0.6 is 11.6 Å². The molecule has 20 heavy (non-hydrogen) atoms. The summed E-state index contributed by atoms with van der Waals surface area (Å²) >= 11 is 5.89. The minimum atomic E-state index is 0.0334. The van der Waals surface area contributed by atoms with Gasteiger partial charge in [-0.05, 0) is 32.0 Å². The standard InChI is InChI=1S/C15H22ClN3O/c1-11-9-19(10-12(2)17-11)7-6-15(20)18-14-5-3-4-13(16)8-14/h3-5,8,11-12,17H,6-7,9-10H2,1-2H3,(H,18,20). The van der Waals surface area contributed by atoms with Crippen LogP contribution in [0.3, 0.4) is 0 Å². The molecular formula is C15H22ClN3O. The number of carbonyl (C=O) groups is 1. The molecule has 2 rings (SSSR count). The van der Waals surface area contributed by atoms with Crippen LogP contribution in [0.25, 0.3) is 0 Å². The van der Waals surface area contributed by atoms with Gasteiger partial charge in [0.1, 0.15) is 0 Å². The zero-order chi connectivity index (χ0) is 14.5. The van der Waals surface area contributed by atoms with Crippen LogP contribution in [0.2, 0.25) is 5.02 Å². The summed E-state index contributed by atoms with van der Waals surface area (Å²) in [5, 5.41) is 7.00. The Morgan fingerprint density at radius 3 is 2.75 bits per heavy atom. The Bertz CT molecular complexity index is 456. The normalized spacial score (nSPS) is 23.6. The third-order valence-corrected chi connectivity index (χ3v) is 3.63. The lowest BCUT2D eigenvalue weighted by molar-refractivity contribution is -0.116. The number of carbonyl (C=O) groups excluding carboxylic acids is 1. The van der Waals surface area contributed by atoms with Crippen molar-refractivity contribution in [1.82, 2.24) is 10.2 Å². The number of amides is 1. The molecule has 2 atom stereocenters. The number of anilines is 1. The van der Waals surface area contributed by atoms with E-state index in [1.165, 1.54) is 0 Å². The van der Waals surface area contributed by atoms with Crippen molar-refractivity contribution >= 4 is 23.2 Å². The first-order valence-electron chi connectivity index (χ1n) is 7.07. The number of hydrogen-bond donors (Lipinski definition) is 2. The highest BCUT2D eigenvalue weighted by molar-refractivity contribution is 6.30. The summed E-state index contributed by atoms with van der Waals surface area (Å²) in [5.74, 6) is 0.0334. The average Bonchev–Trinajstić information content (AvgIpc) is 2.35. The van der Waals surface area contributed by atoms with Gasteiger partial charge >= 0.3 is 0 Å². The Hall–Kier alpha value is -1.10. The van der Waals surface area contributed by atoms with Gasteiger partial charge in [0.2, 0.25) is 5.91 Å². The first-order chi connectivity index (χ1) is 9.52. The molecule has 1 aliphatic heterocycles. The fourth-order valence-electron chi connectivity index (χ4n) is 2.67. The molecule has 1 amide bonds. The number of piperazine rings is 1. The van der Waals surface area contributed by atoms with Gasteiger partial charge in [-0.1, -0.05) is 17.7 Å². The second kappa shape index (κ2) is 7.07. The lowest BCUT2D eigenvalue weighted by Crippen LogP contribution is -2.54. The Kier molecular flexibility index (Phi) is 5.40. The van der Waals surface area contributed by atoms with E-state index >= 15 is 0 Å². The molecule has 1 saturated heterocycles. The van der Waals surface area contributed by atoms with Crippen LogP contribution in [0.5, 0.6) is 0 Å². The highest BCUT2D eigenvalue weighted by Crippen LogP contribution is 2.15. The molecule has 2 N–H and O–H groups in total. The van der Waals surface area contributed by atoms with Gasteiger partial charge in [0.05, 0.1) is 0 Å². The minimum absolute atomic E-state index is 0.0334. The van der Waals surface area contributed by atoms with E-state index in [-0.39, 0.29) is 5.91 Å². The molecule has 0 bridgehead atoms. The van der Waals surface area contributed by atoms with Crippen molar-refractivity contribution in [1.29, 1.82) is 0 Å². The van der Waals surface area contributed by atoms with Crippen LogP contribution in [-0.2, 0) is 4.79 Å². The van der Waals surface area contributed by atoms with E-state index < -0.39 is 0 Å². The second-order valence-corrected chi connectivity index (χ2v) is 5.97. The Balaban J connectivity index is 1.77. The third-order valence-electron chi connectivity index (χ3n) is 3.40. The van der Waals surface area contributed by atoms with Crippen molar-refractivity contribution in [3.63, 3.8) is 0 Å². The first-order valence-corrected chi connectivity index (χ1v) is 7.44. The molecule has 1 aliphatic rings. The Morgan fingerprint density at radius 2 is 2.10 bits per heavy atom. The Morgan fingerprint density at radius 1 is 1.40 bits per heavy atom. The molecule has 0 spiro atoms. The van der Waals surface area contributed by atoms with Crippen LogP contribution in [0.4, 0.5) is 5.69 Å². The lowest BCUT2D eigenvalue weighted by Gasteiger charge is -2.35. The number of nitrogens with one attached hydrogen (secondary N) is 2. The molecule has 0 aliphatic carbocycles. The second-order valence-electron chi connectivity index (χ2n) is 5.54. The predicted octanol–water partition coefficient (Wildman–Crippen LogP) is 2.35. The molecular weight excluding hydrogens is 274 g/mol. The molecule has 0 saturated carbocycles. The van der Waals surface area contributed by atoms with Crippen molar-refractivity contribution in [2.24, 2.45) is 0 Å². The fraction of sp³-hybridized carbons (Fsp3) is 0.533. The van der Waals surface area contributed by atoms with E-state index in [2.05, 4.69) is 29.4 Å². The molecule has 2 unspecified atom stereocenters. The molecule has 110 valence electrons. The van der Waals surface area contributed by atoms with Crippen LogP contribution in [-0.4, -0.2) is 42.5 Å². The summed E-state index contributed by atoms with van der Waals surface area (Å²) in [4.78, 5) is 14.3.